The summed E-state index contributed by atoms with van der Waals surface area (Å²) in [6.45, 7) is 0.327. The van der Waals surface area contributed by atoms with Gasteiger partial charge in [-0.05, 0) is 23.8 Å². The van der Waals surface area contributed by atoms with Gasteiger partial charge in [-0.15, -0.1) is 0 Å². The molecule has 1 aliphatic heterocycles. The quantitative estimate of drug-likeness (QED) is 0.752. The maximum absolute atomic E-state index is 13.0. The first-order chi connectivity index (χ1) is 11.8. The highest BCUT2D eigenvalue weighted by Crippen LogP contribution is 2.42. The van der Waals surface area contributed by atoms with E-state index in [0.29, 0.717) is 18.6 Å². The molecule has 0 aliphatic carbocycles. The lowest BCUT2D eigenvalue weighted by Gasteiger charge is -2.14. The molecule has 2 N–H and O–H groups in total. The number of carbonyl (C=O) groups excluding carboxylic acids is 1. The van der Waals surface area contributed by atoms with Gasteiger partial charge in [0.2, 0.25) is 5.78 Å². The van der Waals surface area contributed by atoms with Crippen molar-refractivity contribution in [3.8, 4) is 11.5 Å². The molecule has 0 aromatic heterocycles. The van der Waals surface area contributed by atoms with Crippen molar-refractivity contribution in [2.45, 2.75) is 12.8 Å². The smallest absolute Gasteiger partial charge is 0.307 e. The molecule has 5 nitrogen and oxygen atoms in total. The molecule has 25 heavy (non-hydrogen) atoms. The number of ketones is 1. The molecule has 2 aromatic rings. The number of rotatable bonds is 4. The number of hydrogen-bond acceptors (Lipinski definition) is 4. The summed E-state index contributed by atoms with van der Waals surface area (Å²) in [5, 5.41) is 19.8. The Labute approximate surface area is 157 Å². The second-order valence-corrected chi connectivity index (χ2v) is 6.74. The molecule has 0 unspecified atom stereocenters. The van der Waals surface area contributed by atoms with E-state index in [1.165, 1.54) is 18.2 Å². The minimum absolute atomic E-state index is 0.0253. The molecule has 0 radical (unpaired) electrons. The first kappa shape index (κ1) is 17.9. The number of benzene rings is 2. The zero-order valence-corrected chi connectivity index (χ0v) is 14.9. The van der Waals surface area contributed by atoms with Gasteiger partial charge in [-0.1, -0.05) is 34.8 Å². The number of halogens is 3. The SMILES string of the molecule is O=C(O)Cc1cc2c(c(C(=O)c3c(Cl)cc(Cl)cc3Cl)c1O)OCC2. The van der Waals surface area contributed by atoms with E-state index in [1.54, 1.807) is 0 Å². The van der Waals surface area contributed by atoms with Gasteiger partial charge in [0, 0.05) is 17.0 Å². The van der Waals surface area contributed by atoms with E-state index in [-0.39, 0.29) is 37.5 Å². The van der Waals surface area contributed by atoms with Crippen LogP contribution in [0.5, 0.6) is 11.5 Å². The number of phenolic OH excluding ortho intramolecular Hbond substituents is 1. The zero-order valence-electron chi connectivity index (χ0n) is 12.6. The Balaban J connectivity index is 2.22. The molecular weight excluding hydrogens is 391 g/mol. The summed E-state index contributed by atoms with van der Waals surface area (Å²) in [5.41, 5.74) is 0.602. The minimum Gasteiger partial charge on any atom is -0.507 e. The molecule has 0 saturated carbocycles. The predicted molar refractivity (Wildman–Crippen MR) is 93.6 cm³/mol. The molecule has 0 atom stereocenters. The molecule has 130 valence electrons. The molecule has 1 heterocycles. The summed E-state index contributed by atoms with van der Waals surface area (Å²) in [4.78, 5) is 24.1. The molecule has 0 amide bonds. The standard InChI is InChI=1S/C17H11Cl3O5/c18-9-5-10(19)13(11(20)6-9)16(24)14-15(23)8(4-12(21)22)3-7-1-2-25-17(7)14/h3,5-6,23H,1-2,4H2,(H,21,22). The van der Waals surface area contributed by atoms with Crippen LogP contribution < -0.4 is 4.74 Å². The van der Waals surface area contributed by atoms with E-state index in [0.717, 1.165) is 0 Å². The van der Waals surface area contributed by atoms with Gasteiger partial charge in [-0.3, -0.25) is 9.59 Å². The van der Waals surface area contributed by atoms with Crippen LogP contribution in [0.2, 0.25) is 15.1 Å². The number of carbonyl (C=O) groups is 2. The highest BCUT2D eigenvalue weighted by molar-refractivity contribution is 6.43. The molecule has 0 fully saturated rings. The third-order valence-electron chi connectivity index (χ3n) is 3.83. The van der Waals surface area contributed by atoms with E-state index in [1.807, 2.05) is 0 Å². The van der Waals surface area contributed by atoms with Gasteiger partial charge in [-0.2, -0.15) is 0 Å². The largest absolute Gasteiger partial charge is 0.507 e. The summed E-state index contributed by atoms with van der Waals surface area (Å²) in [7, 11) is 0. The van der Waals surface area contributed by atoms with Gasteiger partial charge >= 0.3 is 5.97 Å². The van der Waals surface area contributed by atoms with E-state index >= 15 is 0 Å². The maximum atomic E-state index is 13.0. The van der Waals surface area contributed by atoms with Crippen LogP contribution in [0, 0.1) is 0 Å². The Kier molecular flexibility index (Phi) is 4.82. The third kappa shape index (κ3) is 3.27. The minimum atomic E-state index is -1.13. The average Bonchev–Trinajstić information content (AvgIpc) is 2.93. The van der Waals surface area contributed by atoms with Crippen molar-refractivity contribution in [2.24, 2.45) is 0 Å². The summed E-state index contributed by atoms with van der Waals surface area (Å²) in [5.74, 6) is -2.02. The highest BCUT2D eigenvalue weighted by atomic mass is 35.5. The van der Waals surface area contributed by atoms with E-state index in [9.17, 15) is 14.7 Å². The van der Waals surface area contributed by atoms with Crippen molar-refractivity contribution in [1.29, 1.82) is 0 Å². The molecule has 2 aromatic carbocycles. The van der Waals surface area contributed by atoms with Crippen molar-refractivity contribution in [1.82, 2.24) is 0 Å². The number of hydrogen-bond donors (Lipinski definition) is 2. The number of carboxylic acids is 1. The zero-order chi connectivity index (χ0) is 18.3. The van der Waals surface area contributed by atoms with Crippen molar-refractivity contribution >= 4 is 46.6 Å². The van der Waals surface area contributed by atoms with Gasteiger partial charge in [0.05, 0.1) is 28.6 Å². The van der Waals surface area contributed by atoms with Crippen LogP contribution in [0.25, 0.3) is 0 Å². The lowest BCUT2D eigenvalue weighted by atomic mass is 9.94. The van der Waals surface area contributed by atoms with Crippen LogP contribution in [0.4, 0.5) is 0 Å². The van der Waals surface area contributed by atoms with Gasteiger partial charge < -0.3 is 14.9 Å². The van der Waals surface area contributed by atoms with Gasteiger partial charge in [0.25, 0.3) is 0 Å². The van der Waals surface area contributed by atoms with Crippen LogP contribution >= 0.6 is 34.8 Å². The third-order valence-corrected chi connectivity index (χ3v) is 4.64. The Morgan fingerprint density at radius 3 is 2.32 bits per heavy atom. The summed E-state index contributed by atoms with van der Waals surface area (Å²) in [6.07, 6.45) is 0.0755. The Hall–Kier alpha value is -1.95. The number of aromatic hydroxyl groups is 1. The molecule has 0 saturated heterocycles. The van der Waals surface area contributed by atoms with Gasteiger partial charge in [0.1, 0.15) is 17.1 Å². The topological polar surface area (TPSA) is 83.8 Å². The fourth-order valence-electron chi connectivity index (χ4n) is 2.78. The van der Waals surface area contributed by atoms with Crippen LogP contribution in [-0.4, -0.2) is 28.6 Å². The summed E-state index contributed by atoms with van der Waals surface area (Å²) < 4.78 is 5.48. The molecule has 0 bridgehead atoms. The molecule has 0 spiro atoms. The Morgan fingerprint density at radius 2 is 1.72 bits per heavy atom. The summed E-state index contributed by atoms with van der Waals surface area (Å²) in [6, 6.07) is 4.26. The Bertz CT molecular complexity index is 885. The van der Waals surface area contributed by atoms with Crippen molar-refractivity contribution in [2.75, 3.05) is 6.61 Å². The number of aliphatic carboxylic acids is 1. The van der Waals surface area contributed by atoms with Crippen molar-refractivity contribution in [3.63, 3.8) is 0 Å². The molecular formula is C17H11Cl3O5. The van der Waals surface area contributed by atoms with Crippen LogP contribution in [0.15, 0.2) is 18.2 Å². The van der Waals surface area contributed by atoms with Crippen LogP contribution in [0.1, 0.15) is 27.0 Å². The maximum Gasteiger partial charge on any atom is 0.307 e. The molecule has 3 rings (SSSR count). The predicted octanol–water partition coefficient (Wildman–Crippen LogP) is 4.15. The number of phenols is 1. The number of fused-ring (bicyclic) bond motifs is 1. The molecule has 1 aliphatic rings. The van der Waals surface area contributed by atoms with Crippen LogP contribution in [0.3, 0.4) is 0 Å². The first-order valence-corrected chi connectivity index (χ1v) is 8.34. The monoisotopic (exact) mass is 400 g/mol. The lowest BCUT2D eigenvalue weighted by Crippen LogP contribution is -2.09. The second kappa shape index (κ2) is 6.75. The first-order valence-electron chi connectivity index (χ1n) is 7.21. The van der Waals surface area contributed by atoms with Crippen molar-refractivity contribution in [3.05, 3.63) is 55.5 Å². The van der Waals surface area contributed by atoms with Crippen LogP contribution in [-0.2, 0) is 17.6 Å². The van der Waals surface area contributed by atoms with E-state index < -0.39 is 23.9 Å². The van der Waals surface area contributed by atoms with Gasteiger partial charge in [0.15, 0.2) is 0 Å². The molecule has 8 heteroatoms. The van der Waals surface area contributed by atoms with Crippen molar-refractivity contribution < 1.29 is 24.5 Å². The lowest BCUT2D eigenvalue weighted by molar-refractivity contribution is -0.136. The van der Waals surface area contributed by atoms with Gasteiger partial charge in [-0.25, -0.2) is 0 Å². The number of ether oxygens (including phenoxy) is 1. The highest BCUT2D eigenvalue weighted by Gasteiger charge is 2.30. The normalized spacial score (nSPS) is 12.6. The number of carboxylic acid groups (broad SMARTS) is 1. The average molecular weight is 402 g/mol. The second-order valence-electron chi connectivity index (χ2n) is 5.49. The fraction of sp³-hybridized carbons (Fsp3) is 0.176. The Morgan fingerprint density at radius 1 is 1.08 bits per heavy atom. The fourth-order valence-corrected chi connectivity index (χ4v) is 3.77. The summed E-state index contributed by atoms with van der Waals surface area (Å²) >= 11 is 18.1. The van der Waals surface area contributed by atoms with E-state index in [4.69, 9.17) is 44.6 Å². The van der Waals surface area contributed by atoms with E-state index in [2.05, 4.69) is 0 Å².